The number of hydrogen-bond donors (Lipinski definition) is 0. The number of ether oxygens (including phenoxy) is 2. The number of carbonyl (C=O) groups excluding carboxylic acids is 1. The van der Waals surface area contributed by atoms with Crippen LogP contribution in [0.4, 0.5) is 5.95 Å². The highest BCUT2D eigenvalue weighted by Gasteiger charge is 2.26. The summed E-state index contributed by atoms with van der Waals surface area (Å²) < 4.78 is 12.9. The molecular weight excluding hydrogens is 428 g/mol. The third-order valence-corrected chi connectivity index (χ3v) is 6.27. The summed E-state index contributed by atoms with van der Waals surface area (Å²) in [5.74, 6) is 2.14. The molecule has 1 amide bonds. The van der Waals surface area contributed by atoms with Gasteiger partial charge >= 0.3 is 0 Å². The quantitative estimate of drug-likeness (QED) is 0.438. The first kappa shape index (κ1) is 21.8. The molecule has 7 heteroatoms. The summed E-state index contributed by atoms with van der Waals surface area (Å²) in [7, 11) is 3.17. The molecule has 1 fully saturated rings. The molecule has 0 spiro atoms. The Bertz CT molecular complexity index is 1270. The SMILES string of the molecule is COc1cc(OC)cc(C(=O)N2CCN(c3nc4ccccc4n3Cc3ccccc3)CC2)c1. The number of piperazine rings is 1. The average Bonchev–Trinajstić information content (AvgIpc) is 3.26. The van der Waals surface area contributed by atoms with Crippen molar-refractivity contribution in [1.29, 1.82) is 0 Å². The van der Waals surface area contributed by atoms with E-state index in [0.717, 1.165) is 23.5 Å². The standard InChI is InChI=1S/C27H28N4O3/c1-33-22-16-21(17-23(18-22)34-2)26(32)29-12-14-30(15-13-29)27-28-24-10-6-7-11-25(24)31(27)19-20-8-4-3-5-9-20/h3-11,16-18H,12-15,19H2,1-2H3. The number of para-hydroxylation sites is 2. The molecule has 7 nitrogen and oxygen atoms in total. The number of nitrogens with zero attached hydrogens (tertiary/aromatic N) is 4. The average molecular weight is 457 g/mol. The van der Waals surface area contributed by atoms with Crippen molar-refractivity contribution in [3.63, 3.8) is 0 Å². The normalized spacial score (nSPS) is 13.8. The van der Waals surface area contributed by atoms with Gasteiger partial charge in [-0.1, -0.05) is 42.5 Å². The number of amides is 1. The van der Waals surface area contributed by atoms with Gasteiger partial charge in [-0.15, -0.1) is 0 Å². The molecule has 174 valence electrons. The molecule has 1 aromatic heterocycles. The molecule has 0 aliphatic carbocycles. The Labute approximate surface area is 199 Å². The molecule has 5 rings (SSSR count). The van der Waals surface area contributed by atoms with Crippen molar-refractivity contribution < 1.29 is 14.3 Å². The van der Waals surface area contributed by atoms with E-state index in [1.54, 1.807) is 32.4 Å². The molecule has 0 saturated carbocycles. The van der Waals surface area contributed by atoms with Gasteiger partial charge in [0.15, 0.2) is 0 Å². The lowest BCUT2D eigenvalue weighted by Gasteiger charge is -2.35. The first-order valence-corrected chi connectivity index (χ1v) is 11.4. The number of benzene rings is 3. The summed E-state index contributed by atoms with van der Waals surface area (Å²) >= 11 is 0. The van der Waals surface area contributed by atoms with E-state index >= 15 is 0 Å². The second-order valence-electron chi connectivity index (χ2n) is 8.35. The number of carbonyl (C=O) groups is 1. The Hall–Kier alpha value is -4.00. The zero-order chi connectivity index (χ0) is 23.5. The van der Waals surface area contributed by atoms with Gasteiger partial charge in [-0.3, -0.25) is 4.79 Å². The van der Waals surface area contributed by atoms with Crippen LogP contribution in [0.1, 0.15) is 15.9 Å². The fraction of sp³-hybridized carbons (Fsp3) is 0.259. The van der Waals surface area contributed by atoms with Gasteiger partial charge in [0, 0.05) is 37.8 Å². The molecule has 0 N–H and O–H groups in total. The number of fused-ring (bicyclic) bond motifs is 1. The van der Waals surface area contributed by atoms with Crippen molar-refractivity contribution in [3.8, 4) is 11.5 Å². The molecule has 1 saturated heterocycles. The Balaban J connectivity index is 1.36. The molecule has 0 bridgehead atoms. The van der Waals surface area contributed by atoms with E-state index in [4.69, 9.17) is 14.5 Å². The third-order valence-electron chi connectivity index (χ3n) is 6.27. The Kier molecular flexibility index (Phi) is 6.08. The molecule has 2 heterocycles. The zero-order valence-corrected chi connectivity index (χ0v) is 19.5. The Morgan fingerprint density at radius 2 is 1.50 bits per heavy atom. The van der Waals surface area contributed by atoms with E-state index in [1.807, 2.05) is 23.1 Å². The van der Waals surface area contributed by atoms with Gasteiger partial charge in [-0.25, -0.2) is 4.98 Å². The minimum Gasteiger partial charge on any atom is -0.497 e. The summed E-state index contributed by atoms with van der Waals surface area (Å²) in [4.78, 5) is 22.3. The van der Waals surface area contributed by atoms with E-state index in [0.29, 0.717) is 43.2 Å². The van der Waals surface area contributed by atoms with E-state index < -0.39 is 0 Å². The molecule has 0 unspecified atom stereocenters. The highest BCUT2D eigenvalue weighted by Crippen LogP contribution is 2.27. The molecule has 1 aliphatic rings. The number of aromatic nitrogens is 2. The van der Waals surface area contributed by atoms with Gasteiger partial charge in [0.1, 0.15) is 11.5 Å². The minimum atomic E-state index is -0.0189. The predicted octanol–water partition coefficient (Wildman–Crippen LogP) is 4.06. The molecule has 1 aliphatic heterocycles. The van der Waals surface area contributed by atoms with Crippen LogP contribution in [0, 0.1) is 0 Å². The van der Waals surface area contributed by atoms with Gasteiger partial charge in [-0.2, -0.15) is 0 Å². The van der Waals surface area contributed by atoms with Crippen LogP contribution in [0.25, 0.3) is 11.0 Å². The monoisotopic (exact) mass is 456 g/mol. The van der Waals surface area contributed by atoms with Gasteiger partial charge < -0.3 is 23.8 Å². The van der Waals surface area contributed by atoms with Gasteiger partial charge in [0.25, 0.3) is 5.91 Å². The molecule has 4 aromatic rings. The van der Waals surface area contributed by atoms with Crippen LogP contribution in [0.3, 0.4) is 0 Å². The first-order chi connectivity index (χ1) is 16.7. The number of imidazole rings is 1. The summed E-state index contributed by atoms with van der Waals surface area (Å²) in [5, 5.41) is 0. The molecule has 0 atom stereocenters. The van der Waals surface area contributed by atoms with Crippen molar-refractivity contribution in [2.45, 2.75) is 6.54 Å². The molecule has 3 aromatic carbocycles. The van der Waals surface area contributed by atoms with Gasteiger partial charge in [-0.05, 0) is 29.8 Å². The van der Waals surface area contributed by atoms with Crippen molar-refractivity contribution in [2.75, 3.05) is 45.3 Å². The number of anilines is 1. The zero-order valence-electron chi connectivity index (χ0n) is 19.5. The third kappa shape index (κ3) is 4.29. The fourth-order valence-corrected chi connectivity index (χ4v) is 4.45. The largest absolute Gasteiger partial charge is 0.497 e. The molecular formula is C27H28N4O3. The Morgan fingerprint density at radius 1 is 0.853 bits per heavy atom. The molecule has 0 radical (unpaired) electrons. The molecule has 34 heavy (non-hydrogen) atoms. The van der Waals surface area contributed by atoms with E-state index in [1.165, 1.54) is 5.56 Å². The maximum atomic E-state index is 13.2. The van der Waals surface area contributed by atoms with Crippen LogP contribution in [-0.4, -0.2) is 60.8 Å². The summed E-state index contributed by atoms with van der Waals surface area (Å²) in [6, 6.07) is 24.0. The van der Waals surface area contributed by atoms with Crippen LogP contribution in [0.5, 0.6) is 11.5 Å². The van der Waals surface area contributed by atoms with Crippen molar-refractivity contribution in [1.82, 2.24) is 14.5 Å². The van der Waals surface area contributed by atoms with Crippen LogP contribution < -0.4 is 14.4 Å². The second-order valence-corrected chi connectivity index (χ2v) is 8.35. The highest BCUT2D eigenvalue weighted by molar-refractivity contribution is 5.95. The predicted molar refractivity (Wildman–Crippen MR) is 133 cm³/mol. The topological polar surface area (TPSA) is 59.8 Å². The lowest BCUT2D eigenvalue weighted by atomic mass is 10.1. The summed E-state index contributed by atoms with van der Waals surface area (Å²) in [6.07, 6.45) is 0. The van der Waals surface area contributed by atoms with Crippen molar-refractivity contribution in [3.05, 3.63) is 83.9 Å². The lowest BCUT2D eigenvalue weighted by molar-refractivity contribution is 0.0745. The van der Waals surface area contributed by atoms with Crippen LogP contribution in [-0.2, 0) is 6.54 Å². The van der Waals surface area contributed by atoms with Crippen molar-refractivity contribution in [2.24, 2.45) is 0 Å². The van der Waals surface area contributed by atoms with Crippen molar-refractivity contribution >= 4 is 22.9 Å². The van der Waals surface area contributed by atoms with E-state index in [-0.39, 0.29) is 5.91 Å². The van der Waals surface area contributed by atoms with E-state index in [9.17, 15) is 4.79 Å². The van der Waals surface area contributed by atoms with E-state index in [2.05, 4.69) is 45.9 Å². The smallest absolute Gasteiger partial charge is 0.254 e. The van der Waals surface area contributed by atoms with Crippen LogP contribution in [0.15, 0.2) is 72.8 Å². The first-order valence-electron chi connectivity index (χ1n) is 11.4. The number of rotatable bonds is 6. The fourth-order valence-electron chi connectivity index (χ4n) is 4.45. The minimum absolute atomic E-state index is 0.0189. The number of hydrogen-bond acceptors (Lipinski definition) is 5. The number of methoxy groups -OCH3 is 2. The summed E-state index contributed by atoms with van der Waals surface area (Å²) in [6.45, 7) is 3.41. The van der Waals surface area contributed by atoms with Gasteiger partial charge in [0.2, 0.25) is 5.95 Å². The second kappa shape index (κ2) is 9.47. The van der Waals surface area contributed by atoms with Crippen LogP contribution >= 0.6 is 0 Å². The van der Waals surface area contributed by atoms with Crippen LogP contribution in [0.2, 0.25) is 0 Å². The summed E-state index contributed by atoms with van der Waals surface area (Å²) in [5.41, 5.74) is 3.90. The highest BCUT2D eigenvalue weighted by atomic mass is 16.5. The lowest BCUT2D eigenvalue weighted by Crippen LogP contribution is -2.49. The maximum Gasteiger partial charge on any atom is 0.254 e. The van der Waals surface area contributed by atoms with Gasteiger partial charge in [0.05, 0.1) is 31.8 Å². The Morgan fingerprint density at radius 3 is 2.18 bits per heavy atom. The maximum absolute atomic E-state index is 13.2.